The monoisotopic (exact) mass is 390 g/mol. The maximum atomic E-state index is 12.3. The average Bonchev–Trinajstić information content (AvgIpc) is 2.63. The molecule has 0 heterocycles. The topological polar surface area (TPSA) is 84.5 Å². The lowest BCUT2D eigenvalue weighted by Gasteiger charge is -2.11. The first-order valence-electron chi connectivity index (χ1n) is 8.91. The Morgan fingerprint density at radius 2 is 1.89 bits per heavy atom. The van der Waals surface area contributed by atoms with Crippen molar-refractivity contribution >= 4 is 21.6 Å². The van der Waals surface area contributed by atoms with Gasteiger partial charge in [-0.25, -0.2) is 13.1 Å². The van der Waals surface area contributed by atoms with Gasteiger partial charge in [-0.2, -0.15) is 0 Å². The molecule has 0 spiro atoms. The van der Waals surface area contributed by atoms with Gasteiger partial charge in [-0.1, -0.05) is 31.5 Å². The number of unbranched alkanes of at least 4 members (excludes halogenated alkanes) is 1. The van der Waals surface area contributed by atoms with Crippen molar-refractivity contribution in [1.82, 2.24) is 4.72 Å². The Hall–Kier alpha value is -2.38. The van der Waals surface area contributed by atoms with E-state index in [2.05, 4.69) is 10.0 Å². The first-order valence-corrected chi connectivity index (χ1v) is 10.4. The van der Waals surface area contributed by atoms with Crippen molar-refractivity contribution in [3.05, 3.63) is 53.6 Å². The first-order chi connectivity index (χ1) is 12.8. The van der Waals surface area contributed by atoms with Crippen LogP contribution in [0.25, 0.3) is 0 Å². The molecular weight excluding hydrogens is 364 g/mol. The summed E-state index contributed by atoms with van der Waals surface area (Å²) in [4.78, 5) is 12.3. The fourth-order valence-electron chi connectivity index (χ4n) is 2.41. The number of carbonyl (C=O) groups excluding carboxylic acids is 1. The SMILES string of the molecule is CCCCNS(=O)(=O)c1cccc(NC(=O)COc2cc(C)ccc2C)c1. The van der Waals surface area contributed by atoms with Gasteiger partial charge < -0.3 is 10.1 Å². The molecular formula is C20H26N2O4S. The highest BCUT2D eigenvalue weighted by molar-refractivity contribution is 7.89. The molecule has 0 saturated carbocycles. The van der Waals surface area contributed by atoms with Gasteiger partial charge in [-0.3, -0.25) is 4.79 Å². The third-order valence-corrected chi connectivity index (χ3v) is 5.41. The van der Waals surface area contributed by atoms with Gasteiger partial charge in [0, 0.05) is 12.2 Å². The number of hydrogen-bond donors (Lipinski definition) is 2. The predicted octanol–water partition coefficient (Wildman–Crippen LogP) is 3.40. The molecule has 0 aliphatic heterocycles. The largest absolute Gasteiger partial charge is 0.483 e. The second-order valence-corrected chi connectivity index (χ2v) is 8.15. The second kappa shape index (κ2) is 9.53. The molecule has 2 aromatic rings. The Labute approximate surface area is 161 Å². The Kier molecular flexibility index (Phi) is 7.38. The van der Waals surface area contributed by atoms with E-state index in [9.17, 15) is 13.2 Å². The fourth-order valence-corrected chi connectivity index (χ4v) is 3.53. The van der Waals surface area contributed by atoms with E-state index in [1.165, 1.54) is 12.1 Å². The van der Waals surface area contributed by atoms with E-state index < -0.39 is 10.0 Å². The van der Waals surface area contributed by atoms with Crippen LogP contribution in [0.1, 0.15) is 30.9 Å². The van der Waals surface area contributed by atoms with E-state index in [4.69, 9.17) is 4.74 Å². The minimum atomic E-state index is -3.59. The molecule has 146 valence electrons. The van der Waals surface area contributed by atoms with E-state index >= 15 is 0 Å². The van der Waals surface area contributed by atoms with E-state index in [0.29, 0.717) is 18.0 Å². The number of amides is 1. The highest BCUT2D eigenvalue weighted by atomic mass is 32.2. The third-order valence-electron chi connectivity index (χ3n) is 3.95. The summed E-state index contributed by atoms with van der Waals surface area (Å²) < 4.78 is 32.7. The van der Waals surface area contributed by atoms with Gasteiger partial charge in [-0.15, -0.1) is 0 Å². The maximum Gasteiger partial charge on any atom is 0.262 e. The molecule has 2 rings (SSSR count). The van der Waals surface area contributed by atoms with Crippen LogP contribution in [0.3, 0.4) is 0 Å². The van der Waals surface area contributed by atoms with Crippen molar-refractivity contribution in [1.29, 1.82) is 0 Å². The molecule has 0 unspecified atom stereocenters. The number of ether oxygens (including phenoxy) is 1. The number of anilines is 1. The summed E-state index contributed by atoms with van der Waals surface area (Å²) in [6.45, 7) is 6.08. The average molecular weight is 391 g/mol. The molecule has 6 nitrogen and oxygen atoms in total. The second-order valence-electron chi connectivity index (χ2n) is 6.38. The molecule has 0 bridgehead atoms. The van der Waals surface area contributed by atoms with Crippen LogP contribution >= 0.6 is 0 Å². The number of aryl methyl sites for hydroxylation is 2. The van der Waals surface area contributed by atoms with Gasteiger partial charge >= 0.3 is 0 Å². The maximum absolute atomic E-state index is 12.3. The van der Waals surface area contributed by atoms with Crippen molar-refractivity contribution in [2.24, 2.45) is 0 Å². The summed E-state index contributed by atoms with van der Waals surface area (Å²) in [5.41, 5.74) is 2.40. The van der Waals surface area contributed by atoms with Crippen molar-refractivity contribution in [2.45, 2.75) is 38.5 Å². The standard InChI is InChI=1S/C20H26N2O4S/c1-4-5-11-21-27(24,25)18-8-6-7-17(13-18)22-20(23)14-26-19-12-15(2)9-10-16(19)3/h6-10,12-13,21H,4-5,11,14H2,1-3H3,(H,22,23). The van der Waals surface area contributed by atoms with Gasteiger partial charge in [0.05, 0.1) is 4.90 Å². The normalized spacial score (nSPS) is 11.2. The van der Waals surface area contributed by atoms with Crippen LogP contribution in [0, 0.1) is 13.8 Å². The minimum absolute atomic E-state index is 0.117. The van der Waals surface area contributed by atoms with Crippen molar-refractivity contribution < 1.29 is 17.9 Å². The zero-order valence-corrected chi connectivity index (χ0v) is 16.7. The van der Waals surface area contributed by atoms with Gasteiger partial charge in [0.2, 0.25) is 10.0 Å². The van der Waals surface area contributed by atoms with Gasteiger partial charge in [0.15, 0.2) is 6.61 Å². The molecule has 1 amide bonds. The Morgan fingerprint density at radius 1 is 1.11 bits per heavy atom. The van der Waals surface area contributed by atoms with Crippen LogP contribution in [0.4, 0.5) is 5.69 Å². The molecule has 0 radical (unpaired) electrons. The van der Waals surface area contributed by atoms with Crippen molar-refractivity contribution in [3.8, 4) is 5.75 Å². The van der Waals surface area contributed by atoms with E-state index in [1.807, 2.05) is 39.0 Å². The predicted molar refractivity (Wildman–Crippen MR) is 107 cm³/mol. The van der Waals surface area contributed by atoms with Crippen LogP contribution in [-0.2, 0) is 14.8 Å². The number of nitrogens with one attached hydrogen (secondary N) is 2. The number of benzene rings is 2. The number of rotatable bonds is 9. The first kappa shape index (κ1) is 20.9. The molecule has 7 heteroatoms. The van der Waals surface area contributed by atoms with E-state index in [1.54, 1.807) is 12.1 Å². The van der Waals surface area contributed by atoms with E-state index in [-0.39, 0.29) is 17.4 Å². The van der Waals surface area contributed by atoms with Crippen molar-refractivity contribution in [2.75, 3.05) is 18.5 Å². The summed E-state index contributed by atoms with van der Waals surface area (Å²) >= 11 is 0. The Balaban J connectivity index is 1.99. The zero-order valence-electron chi connectivity index (χ0n) is 15.9. The molecule has 2 N–H and O–H groups in total. The Bertz CT molecular complexity index is 895. The molecule has 0 aliphatic rings. The summed E-state index contributed by atoms with van der Waals surface area (Å²) in [5, 5.41) is 2.67. The van der Waals surface area contributed by atoms with Crippen LogP contribution in [0.5, 0.6) is 5.75 Å². The Morgan fingerprint density at radius 3 is 2.63 bits per heavy atom. The van der Waals surface area contributed by atoms with E-state index in [0.717, 1.165) is 24.0 Å². The molecule has 0 fully saturated rings. The third kappa shape index (κ3) is 6.37. The molecule has 0 saturated heterocycles. The zero-order chi connectivity index (χ0) is 19.9. The molecule has 0 aliphatic carbocycles. The minimum Gasteiger partial charge on any atom is -0.483 e. The smallest absolute Gasteiger partial charge is 0.262 e. The van der Waals surface area contributed by atoms with Crippen LogP contribution < -0.4 is 14.8 Å². The highest BCUT2D eigenvalue weighted by Crippen LogP contribution is 2.19. The summed E-state index contributed by atoms with van der Waals surface area (Å²) in [6.07, 6.45) is 1.67. The highest BCUT2D eigenvalue weighted by Gasteiger charge is 2.14. The molecule has 27 heavy (non-hydrogen) atoms. The number of hydrogen-bond acceptors (Lipinski definition) is 4. The lowest BCUT2D eigenvalue weighted by Crippen LogP contribution is -2.25. The quantitative estimate of drug-likeness (QED) is 0.643. The van der Waals surface area contributed by atoms with Gasteiger partial charge in [0.25, 0.3) is 5.91 Å². The van der Waals surface area contributed by atoms with Crippen LogP contribution in [0.2, 0.25) is 0 Å². The lowest BCUT2D eigenvalue weighted by molar-refractivity contribution is -0.118. The van der Waals surface area contributed by atoms with Crippen LogP contribution in [0.15, 0.2) is 47.4 Å². The number of carbonyl (C=O) groups is 1. The number of sulfonamides is 1. The lowest BCUT2D eigenvalue weighted by atomic mass is 10.1. The van der Waals surface area contributed by atoms with Gasteiger partial charge in [0.1, 0.15) is 5.75 Å². The fraction of sp³-hybridized carbons (Fsp3) is 0.350. The molecule has 0 atom stereocenters. The van der Waals surface area contributed by atoms with Crippen LogP contribution in [-0.4, -0.2) is 27.5 Å². The summed E-state index contributed by atoms with van der Waals surface area (Å²) in [7, 11) is -3.59. The summed E-state index contributed by atoms with van der Waals surface area (Å²) in [5.74, 6) is 0.297. The molecule has 2 aromatic carbocycles. The molecule has 0 aromatic heterocycles. The summed E-state index contributed by atoms with van der Waals surface area (Å²) in [6, 6.07) is 11.9. The van der Waals surface area contributed by atoms with Gasteiger partial charge in [-0.05, 0) is 55.7 Å². The van der Waals surface area contributed by atoms with Crippen molar-refractivity contribution in [3.63, 3.8) is 0 Å².